The van der Waals surface area contributed by atoms with E-state index in [1.165, 1.54) is 12.1 Å². The number of nitro benzene ring substituents is 1. The number of fused-ring (bicyclic) bond motifs is 5. The molecule has 0 atom stereocenters. The monoisotopic (exact) mass is 293 g/mol. The first-order valence-electron chi connectivity index (χ1n) is 6.47. The van der Waals surface area contributed by atoms with Gasteiger partial charge < -0.3 is 4.42 Å². The van der Waals surface area contributed by atoms with Gasteiger partial charge in [0.15, 0.2) is 11.5 Å². The minimum Gasteiger partial charge on any atom is -0.421 e. The first kappa shape index (κ1) is 12.5. The second-order valence-electron chi connectivity index (χ2n) is 4.96. The van der Waals surface area contributed by atoms with E-state index in [9.17, 15) is 19.7 Å². The number of ketones is 1. The van der Waals surface area contributed by atoms with Crippen LogP contribution in [0, 0.1) is 10.1 Å². The van der Waals surface area contributed by atoms with Gasteiger partial charge in [0.1, 0.15) is 0 Å². The third kappa shape index (κ3) is 1.49. The maximum absolute atomic E-state index is 12.5. The van der Waals surface area contributed by atoms with Crippen LogP contribution in [-0.4, -0.2) is 10.7 Å². The van der Waals surface area contributed by atoms with E-state index in [1.54, 1.807) is 24.3 Å². The lowest BCUT2D eigenvalue weighted by atomic mass is 10.0. The Balaban J connectivity index is 2.14. The number of rotatable bonds is 1. The Morgan fingerprint density at radius 2 is 1.68 bits per heavy atom. The predicted octanol–water partition coefficient (Wildman–Crippen LogP) is 2.91. The van der Waals surface area contributed by atoms with Gasteiger partial charge in [0.25, 0.3) is 5.69 Å². The minimum atomic E-state index is -0.693. The van der Waals surface area contributed by atoms with E-state index in [0.717, 1.165) is 6.07 Å². The fourth-order valence-corrected chi connectivity index (χ4v) is 2.78. The van der Waals surface area contributed by atoms with Crippen molar-refractivity contribution in [3.8, 4) is 11.3 Å². The summed E-state index contributed by atoms with van der Waals surface area (Å²) in [5.41, 5.74) is 0.404. The second kappa shape index (κ2) is 4.11. The van der Waals surface area contributed by atoms with E-state index in [1.807, 2.05) is 0 Å². The van der Waals surface area contributed by atoms with Crippen LogP contribution in [0.3, 0.4) is 0 Å². The number of carbonyl (C=O) groups is 1. The molecule has 1 aliphatic rings. The number of nitro groups is 1. The molecule has 0 aliphatic heterocycles. The minimum absolute atomic E-state index is 0.0362. The molecule has 0 bridgehead atoms. The van der Waals surface area contributed by atoms with E-state index >= 15 is 0 Å². The van der Waals surface area contributed by atoms with Crippen molar-refractivity contribution in [3.05, 3.63) is 74.1 Å². The van der Waals surface area contributed by atoms with E-state index in [4.69, 9.17) is 4.42 Å². The standard InChI is InChI=1S/C16H7NO5/c18-14-10-3-1-2-4-11(10)15-13(14)9-6-5-8(17(20)21)7-12(9)16(19)22-15/h1-7H. The summed E-state index contributed by atoms with van der Waals surface area (Å²) in [5.74, 6) is -0.0137. The Kier molecular flexibility index (Phi) is 2.33. The van der Waals surface area contributed by atoms with E-state index in [2.05, 4.69) is 0 Å². The molecule has 3 aromatic rings. The molecule has 22 heavy (non-hydrogen) atoms. The highest BCUT2D eigenvalue weighted by Gasteiger charge is 2.32. The van der Waals surface area contributed by atoms with Crippen molar-refractivity contribution in [1.29, 1.82) is 0 Å². The molecule has 6 nitrogen and oxygen atoms in total. The van der Waals surface area contributed by atoms with Gasteiger partial charge in [-0.1, -0.05) is 24.3 Å². The summed E-state index contributed by atoms with van der Waals surface area (Å²) in [5, 5.41) is 11.2. The van der Waals surface area contributed by atoms with Gasteiger partial charge in [-0.25, -0.2) is 4.79 Å². The Labute approximate surface area is 122 Å². The van der Waals surface area contributed by atoms with E-state index in [0.29, 0.717) is 16.5 Å². The van der Waals surface area contributed by atoms with Crippen molar-refractivity contribution in [2.24, 2.45) is 0 Å². The molecule has 1 aromatic heterocycles. The van der Waals surface area contributed by atoms with Crippen LogP contribution in [0.15, 0.2) is 51.7 Å². The Hall–Kier alpha value is -3.28. The average Bonchev–Trinajstić information content (AvgIpc) is 2.80. The number of benzene rings is 2. The first-order valence-corrected chi connectivity index (χ1v) is 6.47. The van der Waals surface area contributed by atoms with Crippen molar-refractivity contribution < 1.29 is 14.1 Å². The summed E-state index contributed by atoms with van der Waals surface area (Å²) in [6.45, 7) is 0. The number of carbonyl (C=O) groups excluding carboxylic acids is 1. The summed E-state index contributed by atoms with van der Waals surface area (Å²) in [6, 6.07) is 10.7. The number of non-ortho nitro benzene ring substituents is 1. The number of nitrogens with zero attached hydrogens (tertiary/aromatic N) is 1. The van der Waals surface area contributed by atoms with Gasteiger partial charge in [0, 0.05) is 28.6 Å². The molecule has 6 heteroatoms. The molecule has 1 aliphatic carbocycles. The van der Waals surface area contributed by atoms with Crippen LogP contribution in [0.5, 0.6) is 0 Å². The zero-order valence-electron chi connectivity index (χ0n) is 11.0. The highest BCUT2D eigenvalue weighted by Crippen LogP contribution is 2.39. The maximum Gasteiger partial charge on any atom is 0.344 e. The lowest BCUT2D eigenvalue weighted by molar-refractivity contribution is -0.384. The molecule has 0 amide bonds. The number of hydrogen-bond donors (Lipinski definition) is 0. The zero-order valence-corrected chi connectivity index (χ0v) is 11.0. The largest absolute Gasteiger partial charge is 0.421 e. The molecule has 0 saturated heterocycles. The average molecular weight is 293 g/mol. The Morgan fingerprint density at radius 3 is 2.41 bits per heavy atom. The van der Waals surface area contributed by atoms with Crippen LogP contribution in [0.1, 0.15) is 15.9 Å². The third-order valence-electron chi connectivity index (χ3n) is 3.77. The molecular formula is C16H7NO5. The zero-order chi connectivity index (χ0) is 15.4. The fraction of sp³-hybridized carbons (Fsp3) is 0. The van der Waals surface area contributed by atoms with Crippen LogP contribution in [0.4, 0.5) is 5.69 Å². The molecule has 0 radical (unpaired) electrons. The molecule has 4 rings (SSSR count). The van der Waals surface area contributed by atoms with Crippen LogP contribution < -0.4 is 5.63 Å². The van der Waals surface area contributed by atoms with Crippen molar-refractivity contribution in [2.75, 3.05) is 0 Å². The summed E-state index contributed by atoms with van der Waals surface area (Å²) in [4.78, 5) is 34.9. The van der Waals surface area contributed by atoms with E-state index in [-0.39, 0.29) is 28.2 Å². The van der Waals surface area contributed by atoms with Gasteiger partial charge in [-0.05, 0) is 6.07 Å². The van der Waals surface area contributed by atoms with Crippen molar-refractivity contribution in [2.45, 2.75) is 0 Å². The Bertz CT molecular complexity index is 1050. The van der Waals surface area contributed by atoms with Gasteiger partial charge in [-0.2, -0.15) is 0 Å². The van der Waals surface area contributed by atoms with Gasteiger partial charge in [-0.3, -0.25) is 14.9 Å². The summed E-state index contributed by atoms with van der Waals surface area (Å²) in [7, 11) is 0. The lowest BCUT2D eigenvalue weighted by Gasteiger charge is -2.02. The van der Waals surface area contributed by atoms with E-state index < -0.39 is 10.5 Å². The molecule has 0 spiro atoms. The lowest BCUT2D eigenvalue weighted by Crippen LogP contribution is -2.05. The van der Waals surface area contributed by atoms with Gasteiger partial charge >= 0.3 is 5.63 Å². The summed E-state index contributed by atoms with van der Waals surface area (Å²) in [6.07, 6.45) is 0. The van der Waals surface area contributed by atoms with Gasteiger partial charge in [0.2, 0.25) is 0 Å². The Morgan fingerprint density at radius 1 is 0.955 bits per heavy atom. The van der Waals surface area contributed by atoms with Gasteiger partial charge in [-0.15, -0.1) is 0 Å². The molecule has 0 N–H and O–H groups in total. The maximum atomic E-state index is 12.5. The van der Waals surface area contributed by atoms with Crippen molar-refractivity contribution >= 4 is 22.2 Å². The second-order valence-corrected chi connectivity index (χ2v) is 4.96. The van der Waals surface area contributed by atoms with Crippen molar-refractivity contribution in [3.63, 3.8) is 0 Å². The quantitative estimate of drug-likeness (QED) is 0.397. The summed E-state index contributed by atoms with van der Waals surface area (Å²) < 4.78 is 5.27. The SMILES string of the molecule is O=C1c2ccccc2-c2oc(=O)c3cc([N+](=O)[O-])ccc3c21. The van der Waals surface area contributed by atoms with Crippen LogP contribution >= 0.6 is 0 Å². The first-order chi connectivity index (χ1) is 10.6. The topological polar surface area (TPSA) is 90.4 Å². The van der Waals surface area contributed by atoms with Crippen LogP contribution in [0.2, 0.25) is 0 Å². The smallest absolute Gasteiger partial charge is 0.344 e. The predicted molar refractivity (Wildman–Crippen MR) is 78.0 cm³/mol. The molecule has 1 heterocycles. The highest BCUT2D eigenvalue weighted by atomic mass is 16.6. The summed E-state index contributed by atoms with van der Waals surface area (Å²) >= 11 is 0. The number of hydrogen-bond acceptors (Lipinski definition) is 5. The normalized spacial score (nSPS) is 12.3. The van der Waals surface area contributed by atoms with Crippen LogP contribution in [-0.2, 0) is 0 Å². The molecule has 0 saturated carbocycles. The molecule has 2 aromatic carbocycles. The van der Waals surface area contributed by atoms with Crippen LogP contribution in [0.25, 0.3) is 22.1 Å². The molecule has 0 unspecified atom stereocenters. The highest BCUT2D eigenvalue weighted by molar-refractivity contribution is 6.26. The molecular weight excluding hydrogens is 286 g/mol. The van der Waals surface area contributed by atoms with Crippen molar-refractivity contribution in [1.82, 2.24) is 0 Å². The van der Waals surface area contributed by atoms with Gasteiger partial charge in [0.05, 0.1) is 15.9 Å². The molecule has 0 fully saturated rings. The fourth-order valence-electron chi connectivity index (χ4n) is 2.78. The molecule has 106 valence electrons. The third-order valence-corrected chi connectivity index (χ3v) is 3.77.